The van der Waals surface area contributed by atoms with E-state index < -0.39 is 16.0 Å². The number of carboxylic acid groups (broad SMARTS) is 1. The van der Waals surface area contributed by atoms with Crippen LogP contribution in [-0.4, -0.2) is 38.7 Å². The summed E-state index contributed by atoms with van der Waals surface area (Å²) < 4.78 is 39.4. The SMILES string of the molecule is COc1ccc(-c2cccnc2)cc1NS(=O)(=O)c1cc(C(=O)O)cc(C)c1OC. The van der Waals surface area contributed by atoms with Crippen molar-refractivity contribution in [2.45, 2.75) is 11.8 Å². The highest BCUT2D eigenvalue weighted by Crippen LogP contribution is 2.35. The smallest absolute Gasteiger partial charge is 0.335 e. The fourth-order valence-electron chi connectivity index (χ4n) is 3.03. The third-order valence-electron chi connectivity index (χ3n) is 4.42. The fourth-order valence-corrected chi connectivity index (χ4v) is 4.36. The molecule has 0 spiro atoms. The number of ether oxygens (including phenoxy) is 2. The first kappa shape index (κ1) is 21.1. The topological polar surface area (TPSA) is 115 Å². The second-order valence-corrected chi connectivity index (χ2v) is 8.04. The Hall–Kier alpha value is -3.59. The molecule has 0 saturated heterocycles. The third-order valence-corrected chi connectivity index (χ3v) is 5.79. The average Bonchev–Trinajstić information content (AvgIpc) is 2.73. The van der Waals surface area contributed by atoms with E-state index in [-0.39, 0.29) is 21.9 Å². The van der Waals surface area contributed by atoms with Crippen LogP contribution in [0, 0.1) is 6.92 Å². The molecular weight excluding hydrogens is 408 g/mol. The quantitative estimate of drug-likeness (QED) is 0.591. The minimum Gasteiger partial charge on any atom is -0.495 e. The summed E-state index contributed by atoms with van der Waals surface area (Å²) in [7, 11) is -1.45. The average molecular weight is 428 g/mol. The predicted molar refractivity (Wildman–Crippen MR) is 112 cm³/mol. The van der Waals surface area contributed by atoms with E-state index in [1.54, 1.807) is 43.6 Å². The van der Waals surface area contributed by atoms with Crippen LogP contribution in [0.15, 0.2) is 59.8 Å². The summed E-state index contributed by atoms with van der Waals surface area (Å²) in [6.07, 6.45) is 3.30. The van der Waals surface area contributed by atoms with E-state index in [2.05, 4.69) is 9.71 Å². The molecule has 0 bridgehead atoms. The van der Waals surface area contributed by atoms with Gasteiger partial charge in [-0.2, -0.15) is 0 Å². The number of nitrogens with one attached hydrogen (secondary N) is 1. The molecule has 1 heterocycles. The molecule has 0 aliphatic heterocycles. The van der Waals surface area contributed by atoms with Crippen LogP contribution in [0.5, 0.6) is 11.5 Å². The van der Waals surface area contributed by atoms with Gasteiger partial charge in [-0.3, -0.25) is 9.71 Å². The van der Waals surface area contributed by atoms with Crippen molar-refractivity contribution >= 4 is 21.7 Å². The van der Waals surface area contributed by atoms with Gasteiger partial charge in [-0.05, 0) is 48.4 Å². The maximum Gasteiger partial charge on any atom is 0.335 e. The molecule has 0 aliphatic rings. The molecule has 8 nitrogen and oxygen atoms in total. The molecule has 0 fully saturated rings. The summed E-state index contributed by atoms with van der Waals surface area (Å²) >= 11 is 0. The predicted octanol–water partition coefficient (Wildman–Crippen LogP) is 3.57. The van der Waals surface area contributed by atoms with E-state index in [4.69, 9.17) is 9.47 Å². The Bertz CT molecular complexity index is 1190. The Balaban J connectivity index is 2.11. The number of hydrogen-bond acceptors (Lipinski definition) is 6. The van der Waals surface area contributed by atoms with Gasteiger partial charge < -0.3 is 14.6 Å². The van der Waals surface area contributed by atoms with Gasteiger partial charge in [0.15, 0.2) is 0 Å². The molecule has 1 aromatic heterocycles. The second-order valence-electron chi connectivity index (χ2n) is 6.39. The summed E-state index contributed by atoms with van der Waals surface area (Å²) in [6.45, 7) is 1.58. The summed E-state index contributed by atoms with van der Waals surface area (Å²) in [5.41, 5.74) is 1.93. The number of methoxy groups -OCH3 is 2. The van der Waals surface area contributed by atoms with Crippen LogP contribution < -0.4 is 14.2 Å². The molecule has 3 aromatic rings. The van der Waals surface area contributed by atoms with Crippen molar-refractivity contribution in [1.82, 2.24) is 4.98 Å². The lowest BCUT2D eigenvalue weighted by atomic mass is 10.1. The van der Waals surface area contributed by atoms with Crippen LogP contribution >= 0.6 is 0 Å². The molecule has 156 valence electrons. The number of carbonyl (C=O) groups is 1. The van der Waals surface area contributed by atoms with Crippen molar-refractivity contribution in [2.75, 3.05) is 18.9 Å². The van der Waals surface area contributed by atoms with E-state index in [1.807, 2.05) is 6.07 Å². The Kier molecular flexibility index (Phi) is 5.93. The minimum atomic E-state index is -4.20. The van der Waals surface area contributed by atoms with E-state index in [9.17, 15) is 18.3 Å². The Labute approximate surface area is 174 Å². The first-order valence-corrected chi connectivity index (χ1v) is 10.3. The number of aromatic carboxylic acids is 1. The van der Waals surface area contributed by atoms with E-state index in [0.717, 1.165) is 17.2 Å². The third kappa shape index (κ3) is 4.20. The molecule has 0 radical (unpaired) electrons. The molecule has 0 amide bonds. The molecule has 0 saturated carbocycles. The number of carboxylic acids is 1. The van der Waals surface area contributed by atoms with Crippen molar-refractivity contribution in [1.29, 1.82) is 0 Å². The molecule has 0 atom stereocenters. The number of aromatic nitrogens is 1. The van der Waals surface area contributed by atoms with Gasteiger partial charge in [-0.15, -0.1) is 0 Å². The molecule has 2 aromatic carbocycles. The van der Waals surface area contributed by atoms with Crippen molar-refractivity contribution in [3.05, 3.63) is 66.0 Å². The highest BCUT2D eigenvalue weighted by atomic mass is 32.2. The highest BCUT2D eigenvalue weighted by Gasteiger charge is 2.25. The highest BCUT2D eigenvalue weighted by molar-refractivity contribution is 7.92. The van der Waals surface area contributed by atoms with Gasteiger partial charge in [0.05, 0.1) is 25.5 Å². The fraction of sp³-hybridized carbons (Fsp3) is 0.143. The number of benzene rings is 2. The number of aryl methyl sites for hydroxylation is 1. The summed E-state index contributed by atoms with van der Waals surface area (Å²) in [5.74, 6) is -0.875. The monoisotopic (exact) mass is 428 g/mol. The van der Waals surface area contributed by atoms with Gasteiger partial charge in [-0.1, -0.05) is 12.1 Å². The maximum atomic E-state index is 13.2. The van der Waals surface area contributed by atoms with Crippen LogP contribution in [0.2, 0.25) is 0 Å². The Morgan fingerprint density at radius 3 is 2.43 bits per heavy atom. The van der Waals surface area contributed by atoms with Crippen LogP contribution in [-0.2, 0) is 10.0 Å². The van der Waals surface area contributed by atoms with E-state index in [0.29, 0.717) is 11.3 Å². The number of rotatable bonds is 7. The number of hydrogen-bond donors (Lipinski definition) is 2. The first-order valence-electron chi connectivity index (χ1n) is 8.80. The van der Waals surface area contributed by atoms with Crippen LogP contribution in [0.3, 0.4) is 0 Å². The van der Waals surface area contributed by atoms with Crippen LogP contribution in [0.4, 0.5) is 5.69 Å². The zero-order valence-electron chi connectivity index (χ0n) is 16.5. The molecule has 30 heavy (non-hydrogen) atoms. The molecule has 0 aliphatic carbocycles. The lowest BCUT2D eigenvalue weighted by Gasteiger charge is -2.16. The lowest BCUT2D eigenvalue weighted by molar-refractivity contribution is 0.0696. The minimum absolute atomic E-state index is 0.0647. The van der Waals surface area contributed by atoms with Gasteiger partial charge >= 0.3 is 5.97 Å². The molecule has 0 unspecified atom stereocenters. The summed E-state index contributed by atoms with van der Waals surface area (Å²) in [5, 5.41) is 9.32. The molecule has 3 rings (SSSR count). The van der Waals surface area contributed by atoms with Gasteiger partial charge in [-0.25, -0.2) is 13.2 Å². The first-order chi connectivity index (χ1) is 14.3. The number of nitrogens with zero attached hydrogens (tertiary/aromatic N) is 1. The van der Waals surface area contributed by atoms with Gasteiger partial charge in [0.25, 0.3) is 10.0 Å². The van der Waals surface area contributed by atoms with Gasteiger partial charge in [0.1, 0.15) is 16.4 Å². The van der Waals surface area contributed by atoms with Crippen LogP contribution in [0.25, 0.3) is 11.1 Å². The van der Waals surface area contributed by atoms with Crippen molar-refractivity contribution in [2.24, 2.45) is 0 Å². The maximum absolute atomic E-state index is 13.2. The van der Waals surface area contributed by atoms with E-state index >= 15 is 0 Å². The van der Waals surface area contributed by atoms with Crippen LogP contribution in [0.1, 0.15) is 15.9 Å². The standard InChI is InChI=1S/C21H20N2O6S/c1-13-9-16(21(24)25)11-19(20(13)29-3)30(26,27)23-17-10-14(6-7-18(17)28-2)15-5-4-8-22-12-15/h4-12,23H,1-3H3,(H,24,25). The number of pyridine rings is 1. The summed E-state index contributed by atoms with van der Waals surface area (Å²) in [4.78, 5) is 15.2. The zero-order valence-corrected chi connectivity index (χ0v) is 17.4. The zero-order chi connectivity index (χ0) is 21.9. The molecular formula is C21H20N2O6S. The molecule has 2 N–H and O–H groups in total. The number of anilines is 1. The summed E-state index contributed by atoms with van der Waals surface area (Å²) in [6, 6.07) is 11.1. The van der Waals surface area contributed by atoms with Gasteiger partial charge in [0, 0.05) is 18.0 Å². The van der Waals surface area contributed by atoms with E-state index in [1.165, 1.54) is 20.3 Å². The Morgan fingerprint density at radius 2 is 1.83 bits per heavy atom. The number of sulfonamides is 1. The largest absolute Gasteiger partial charge is 0.495 e. The molecule has 9 heteroatoms. The van der Waals surface area contributed by atoms with Gasteiger partial charge in [0.2, 0.25) is 0 Å². The lowest BCUT2D eigenvalue weighted by Crippen LogP contribution is -2.16. The van der Waals surface area contributed by atoms with Crippen molar-refractivity contribution in [3.8, 4) is 22.6 Å². The van der Waals surface area contributed by atoms with Crippen molar-refractivity contribution < 1.29 is 27.8 Å². The normalized spacial score (nSPS) is 11.0. The Morgan fingerprint density at radius 1 is 1.07 bits per heavy atom. The van der Waals surface area contributed by atoms with Crippen molar-refractivity contribution in [3.63, 3.8) is 0 Å². The second kappa shape index (κ2) is 8.42.